The topological polar surface area (TPSA) is 89.9 Å². The van der Waals surface area contributed by atoms with E-state index in [1.165, 1.54) is 25.7 Å². The summed E-state index contributed by atoms with van der Waals surface area (Å²) in [4.78, 5) is 36.3. The molecule has 5 aliphatic carbocycles. The number of ether oxygens (including phenoxy) is 2. The van der Waals surface area contributed by atoms with Gasteiger partial charge in [-0.15, -0.1) is 0 Å². The zero-order valence-corrected chi connectivity index (χ0v) is 22.2. The van der Waals surface area contributed by atoms with Crippen LogP contribution in [0.5, 0.6) is 0 Å². The van der Waals surface area contributed by atoms with Crippen LogP contribution in [0.4, 0.5) is 0 Å². The van der Waals surface area contributed by atoms with Gasteiger partial charge in [-0.3, -0.25) is 14.4 Å². The van der Waals surface area contributed by atoms with Crippen LogP contribution in [0.25, 0.3) is 0 Å². The van der Waals surface area contributed by atoms with Crippen LogP contribution in [0, 0.1) is 58.7 Å². The van der Waals surface area contributed by atoms with Crippen LogP contribution in [-0.2, 0) is 23.9 Å². The van der Waals surface area contributed by atoms with Crippen molar-refractivity contribution in [1.29, 1.82) is 0 Å². The van der Waals surface area contributed by atoms with Gasteiger partial charge in [0, 0.05) is 0 Å². The fourth-order valence-electron chi connectivity index (χ4n) is 8.74. The Kier molecular flexibility index (Phi) is 7.26. The summed E-state index contributed by atoms with van der Waals surface area (Å²) in [5, 5.41) is 9.63. The van der Waals surface area contributed by atoms with Gasteiger partial charge in [-0.2, -0.15) is 0 Å². The molecule has 0 aromatic carbocycles. The Morgan fingerprint density at radius 2 is 1.50 bits per heavy atom. The molecule has 4 fully saturated rings. The average Bonchev–Trinajstić information content (AvgIpc) is 2.86. The molecule has 5 aliphatic rings. The summed E-state index contributed by atoms with van der Waals surface area (Å²) in [7, 11) is 0. The second-order valence-corrected chi connectivity index (χ2v) is 13.4. The Morgan fingerprint density at radius 1 is 0.806 bits per heavy atom. The van der Waals surface area contributed by atoms with Crippen molar-refractivity contribution in [3.8, 4) is 0 Å². The molecule has 4 saturated carbocycles. The minimum atomic E-state index is -0.606. The first kappa shape index (κ1) is 25.8. The van der Waals surface area contributed by atoms with E-state index in [9.17, 15) is 19.5 Å². The normalized spacial score (nSPS) is 39.9. The van der Waals surface area contributed by atoms with Crippen molar-refractivity contribution in [2.75, 3.05) is 6.79 Å². The Bertz CT molecular complexity index is 900. The number of aliphatic carboxylic acids is 1. The molecule has 0 amide bonds. The summed E-state index contributed by atoms with van der Waals surface area (Å²) in [6.45, 7) is 5.06. The predicted octanol–water partition coefficient (Wildman–Crippen LogP) is 5.99. The third-order valence-electron chi connectivity index (χ3n) is 10.5. The van der Waals surface area contributed by atoms with Gasteiger partial charge in [0.15, 0.2) is 0 Å². The largest absolute Gasteiger partial charge is 0.481 e. The third kappa shape index (κ3) is 4.98. The average molecular weight is 501 g/mol. The molecule has 6 nitrogen and oxygen atoms in total. The number of allylic oxidation sites excluding steroid dienone is 2. The zero-order chi connectivity index (χ0) is 25.6. The molecule has 6 heteroatoms. The highest BCUT2D eigenvalue weighted by Gasteiger charge is 2.51. The third-order valence-corrected chi connectivity index (χ3v) is 10.5. The Balaban J connectivity index is 1.18. The minimum Gasteiger partial charge on any atom is -0.481 e. The van der Waals surface area contributed by atoms with Gasteiger partial charge < -0.3 is 14.6 Å². The van der Waals surface area contributed by atoms with Gasteiger partial charge in [-0.1, -0.05) is 11.6 Å². The number of hydrogen-bond donors (Lipinski definition) is 1. The number of carbonyl (C=O) groups is 3. The summed E-state index contributed by atoms with van der Waals surface area (Å²) < 4.78 is 10.5. The van der Waals surface area contributed by atoms with Gasteiger partial charge in [0.1, 0.15) is 0 Å². The molecule has 0 radical (unpaired) electrons. The summed E-state index contributed by atoms with van der Waals surface area (Å²) in [6.07, 6.45) is 14.3. The van der Waals surface area contributed by atoms with Crippen molar-refractivity contribution in [1.82, 2.24) is 0 Å². The second kappa shape index (κ2) is 10.1. The monoisotopic (exact) mass is 500 g/mol. The van der Waals surface area contributed by atoms with Crippen molar-refractivity contribution >= 4 is 17.9 Å². The van der Waals surface area contributed by atoms with E-state index in [1.807, 2.05) is 0 Å². The van der Waals surface area contributed by atoms with Gasteiger partial charge in [-0.25, -0.2) is 0 Å². The number of carbonyl (C=O) groups excluding carboxylic acids is 2. The van der Waals surface area contributed by atoms with E-state index in [2.05, 4.69) is 6.08 Å². The first-order valence-corrected chi connectivity index (χ1v) is 14.4. The number of hydrogen-bond acceptors (Lipinski definition) is 5. The zero-order valence-electron chi connectivity index (χ0n) is 22.2. The maximum Gasteiger partial charge on any atom is 0.314 e. The number of carboxylic acid groups (broad SMARTS) is 1. The van der Waals surface area contributed by atoms with Crippen LogP contribution in [-0.4, -0.2) is 29.8 Å². The molecule has 0 heterocycles. The lowest BCUT2D eigenvalue weighted by atomic mass is 9.50. The maximum atomic E-state index is 12.7. The summed E-state index contributed by atoms with van der Waals surface area (Å²) >= 11 is 0. The lowest BCUT2D eigenvalue weighted by Crippen LogP contribution is -2.47. The molecule has 0 bridgehead atoms. The smallest absolute Gasteiger partial charge is 0.314 e. The van der Waals surface area contributed by atoms with Crippen LogP contribution in [0.1, 0.15) is 91.4 Å². The Labute approximate surface area is 215 Å². The Hall–Kier alpha value is -1.85. The van der Waals surface area contributed by atoms with Gasteiger partial charge in [-0.05, 0) is 133 Å². The molecule has 200 valence electrons. The van der Waals surface area contributed by atoms with Gasteiger partial charge >= 0.3 is 17.9 Å². The van der Waals surface area contributed by atoms with Crippen LogP contribution in [0.2, 0.25) is 0 Å². The molecule has 9 atom stereocenters. The summed E-state index contributed by atoms with van der Waals surface area (Å²) in [5.41, 5.74) is 1.02. The lowest BCUT2D eigenvalue weighted by molar-refractivity contribution is -0.177. The number of rotatable bonds is 4. The molecule has 36 heavy (non-hydrogen) atoms. The molecule has 5 rings (SSSR count). The Morgan fingerprint density at radius 3 is 2.25 bits per heavy atom. The van der Waals surface area contributed by atoms with Crippen molar-refractivity contribution in [3.63, 3.8) is 0 Å². The molecular weight excluding hydrogens is 456 g/mol. The van der Waals surface area contributed by atoms with Crippen molar-refractivity contribution in [2.45, 2.75) is 91.4 Å². The predicted molar refractivity (Wildman–Crippen MR) is 134 cm³/mol. The standard InChI is InChI=1S/C30H44O6/c1-30(2,3)29(34)36-16-35-28(33)20-8-9-21-18(14-20)7-11-23-22(21)12-13-25-24(23)10-6-17-4-5-19(27(31)32)15-26(17)25/h13,17-24,26H,4-12,14-16H2,1-3H3,(H,31,32). The van der Waals surface area contributed by atoms with Gasteiger partial charge in [0.25, 0.3) is 0 Å². The highest BCUT2D eigenvalue weighted by atomic mass is 16.7. The lowest BCUT2D eigenvalue weighted by Gasteiger charge is -2.55. The number of fused-ring (bicyclic) bond motifs is 7. The fourth-order valence-corrected chi connectivity index (χ4v) is 8.74. The summed E-state index contributed by atoms with van der Waals surface area (Å²) in [5.74, 6) is 3.11. The first-order valence-electron chi connectivity index (χ1n) is 14.4. The first-order chi connectivity index (χ1) is 17.1. The van der Waals surface area contributed by atoms with Crippen LogP contribution >= 0.6 is 0 Å². The quantitative estimate of drug-likeness (QED) is 0.290. The molecule has 0 aliphatic heterocycles. The van der Waals surface area contributed by atoms with Crippen molar-refractivity contribution in [3.05, 3.63) is 11.6 Å². The fraction of sp³-hybridized carbons (Fsp3) is 0.833. The number of esters is 2. The van der Waals surface area contributed by atoms with Gasteiger partial charge in [0.05, 0.1) is 17.3 Å². The maximum absolute atomic E-state index is 12.7. The van der Waals surface area contributed by atoms with E-state index in [1.54, 1.807) is 26.3 Å². The van der Waals surface area contributed by atoms with E-state index in [4.69, 9.17) is 9.47 Å². The molecule has 9 unspecified atom stereocenters. The molecule has 0 aromatic heterocycles. The van der Waals surface area contributed by atoms with Crippen LogP contribution < -0.4 is 0 Å². The van der Waals surface area contributed by atoms with Crippen LogP contribution in [0.15, 0.2) is 11.6 Å². The molecule has 0 spiro atoms. The summed E-state index contributed by atoms with van der Waals surface area (Å²) in [6, 6.07) is 0. The SMILES string of the molecule is CC(C)(C)C(=O)OCOC(=O)C1CCC2C(CCC3C4CCC5CCC(C(=O)O)CC5C4=CCC23)C1. The molecular formula is C30H44O6. The highest BCUT2D eigenvalue weighted by molar-refractivity contribution is 5.76. The van der Waals surface area contributed by atoms with E-state index >= 15 is 0 Å². The molecule has 1 N–H and O–H groups in total. The van der Waals surface area contributed by atoms with E-state index in [0.717, 1.165) is 50.9 Å². The van der Waals surface area contributed by atoms with Crippen molar-refractivity contribution in [2.24, 2.45) is 58.7 Å². The van der Waals surface area contributed by atoms with E-state index in [-0.39, 0.29) is 30.6 Å². The van der Waals surface area contributed by atoms with E-state index < -0.39 is 11.4 Å². The number of carboxylic acids is 1. The highest BCUT2D eigenvalue weighted by Crippen LogP contribution is 2.59. The van der Waals surface area contributed by atoms with Crippen LogP contribution in [0.3, 0.4) is 0 Å². The second-order valence-electron chi connectivity index (χ2n) is 13.4. The molecule has 0 saturated heterocycles. The van der Waals surface area contributed by atoms with Crippen molar-refractivity contribution < 1.29 is 29.0 Å². The van der Waals surface area contributed by atoms with E-state index in [0.29, 0.717) is 35.5 Å². The minimum absolute atomic E-state index is 0.0866. The molecule has 0 aromatic rings. The van der Waals surface area contributed by atoms with Gasteiger partial charge in [0.2, 0.25) is 6.79 Å².